The fraction of sp³-hybridized carbons (Fsp3) is 0.778. The van der Waals surface area contributed by atoms with Gasteiger partial charge in [0, 0.05) is 20.2 Å². The van der Waals surface area contributed by atoms with Crippen LogP contribution in [-0.2, 0) is 9.47 Å². The minimum atomic E-state index is 0.757. The molecule has 0 aliphatic rings. The minimum absolute atomic E-state index is 0.757. The van der Waals surface area contributed by atoms with Gasteiger partial charge in [0.2, 0.25) is 0 Å². The van der Waals surface area contributed by atoms with Crippen molar-refractivity contribution in [1.29, 1.82) is 0 Å². The Kier molecular flexibility index (Phi) is 10.3. The Hall–Kier alpha value is -0.380. The molecule has 0 aliphatic heterocycles. The number of ether oxygens (including phenoxy) is 2. The van der Waals surface area contributed by atoms with E-state index in [9.17, 15) is 0 Å². The minimum Gasteiger partial charge on any atom is -0.383 e. The van der Waals surface area contributed by atoms with Crippen molar-refractivity contribution >= 4 is 0 Å². The molecule has 0 saturated carbocycles. The average Bonchev–Trinajstić information content (AvgIpc) is 2.10. The van der Waals surface area contributed by atoms with Crippen molar-refractivity contribution in [3.8, 4) is 0 Å². The van der Waals surface area contributed by atoms with Gasteiger partial charge >= 0.3 is 0 Å². The number of hydrogen-bond donors (Lipinski definition) is 1. The van der Waals surface area contributed by atoms with Crippen LogP contribution < -0.4 is 5.32 Å². The van der Waals surface area contributed by atoms with Crippen LogP contribution in [0, 0.1) is 0 Å². The fourth-order valence-electron chi connectivity index (χ4n) is 0.712. The van der Waals surface area contributed by atoms with Gasteiger partial charge in [-0.25, -0.2) is 0 Å². The number of nitrogens with one attached hydrogen (secondary N) is 1. The summed E-state index contributed by atoms with van der Waals surface area (Å²) in [6.07, 6.45) is 2.79. The second kappa shape index (κ2) is 10.6. The van der Waals surface area contributed by atoms with Gasteiger partial charge in [-0.05, 0) is 6.42 Å². The maximum Gasteiger partial charge on any atom is 0.0591 e. The first-order valence-electron chi connectivity index (χ1n) is 4.30. The van der Waals surface area contributed by atoms with Crippen LogP contribution in [0.5, 0.6) is 0 Å². The Bertz CT molecular complexity index is 96.5. The molecule has 0 aromatic carbocycles. The highest BCUT2D eigenvalue weighted by Crippen LogP contribution is 1.81. The lowest BCUT2D eigenvalue weighted by molar-refractivity contribution is 0.136. The summed E-state index contributed by atoms with van der Waals surface area (Å²) in [5, 5.41) is 3.19. The lowest BCUT2D eigenvalue weighted by atomic mass is 10.4. The molecular weight excluding hydrogens is 154 g/mol. The van der Waals surface area contributed by atoms with E-state index in [4.69, 9.17) is 9.47 Å². The van der Waals surface area contributed by atoms with Gasteiger partial charge in [-0.2, -0.15) is 0 Å². The summed E-state index contributed by atoms with van der Waals surface area (Å²) in [5.41, 5.74) is 0. The largest absolute Gasteiger partial charge is 0.383 e. The Morgan fingerprint density at radius 3 is 2.67 bits per heavy atom. The number of methoxy groups -OCH3 is 1. The van der Waals surface area contributed by atoms with Crippen LogP contribution in [0.4, 0.5) is 0 Å². The summed E-state index contributed by atoms with van der Waals surface area (Å²) >= 11 is 0. The van der Waals surface area contributed by atoms with Crippen molar-refractivity contribution in [2.75, 3.05) is 40.0 Å². The van der Waals surface area contributed by atoms with Gasteiger partial charge in [0.25, 0.3) is 0 Å². The van der Waals surface area contributed by atoms with Gasteiger partial charge in [0.05, 0.1) is 19.8 Å². The zero-order valence-electron chi connectivity index (χ0n) is 7.84. The Balaban J connectivity index is 2.77. The van der Waals surface area contributed by atoms with Crippen LogP contribution in [-0.4, -0.2) is 40.0 Å². The molecule has 0 rings (SSSR count). The molecule has 0 amide bonds. The first-order chi connectivity index (χ1) is 5.91. The normalized spacial score (nSPS) is 10.1. The van der Waals surface area contributed by atoms with Gasteiger partial charge in [-0.3, -0.25) is 0 Å². The smallest absolute Gasteiger partial charge is 0.0591 e. The third-order valence-electron chi connectivity index (χ3n) is 1.37. The monoisotopic (exact) mass is 173 g/mol. The Morgan fingerprint density at radius 2 is 2.00 bits per heavy atom. The molecule has 3 heteroatoms. The predicted octanol–water partition coefficient (Wildman–Crippen LogP) is 0.815. The molecule has 12 heavy (non-hydrogen) atoms. The van der Waals surface area contributed by atoms with Gasteiger partial charge < -0.3 is 14.8 Å². The van der Waals surface area contributed by atoms with E-state index >= 15 is 0 Å². The van der Waals surface area contributed by atoms with E-state index in [0.717, 1.165) is 39.3 Å². The highest BCUT2D eigenvalue weighted by Gasteiger charge is 1.87. The second-order valence-electron chi connectivity index (χ2n) is 2.43. The molecule has 0 aliphatic carbocycles. The molecule has 0 bridgehead atoms. The molecule has 3 nitrogen and oxygen atoms in total. The summed E-state index contributed by atoms with van der Waals surface area (Å²) in [6.45, 7) is 7.68. The molecular formula is C9H19NO2. The molecule has 0 aromatic heterocycles. The summed E-state index contributed by atoms with van der Waals surface area (Å²) < 4.78 is 10.2. The molecule has 0 atom stereocenters. The van der Waals surface area contributed by atoms with Crippen LogP contribution in [0.3, 0.4) is 0 Å². The van der Waals surface area contributed by atoms with Gasteiger partial charge in [0.15, 0.2) is 0 Å². The maximum atomic E-state index is 5.28. The van der Waals surface area contributed by atoms with E-state index < -0.39 is 0 Å². The van der Waals surface area contributed by atoms with Gasteiger partial charge in [0.1, 0.15) is 0 Å². The molecule has 0 unspecified atom stereocenters. The van der Waals surface area contributed by atoms with E-state index in [2.05, 4.69) is 11.9 Å². The zero-order valence-corrected chi connectivity index (χ0v) is 7.84. The Morgan fingerprint density at radius 1 is 1.25 bits per heavy atom. The van der Waals surface area contributed by atoms with Crippen molar-refractivity contribution < 1.29 is 9.47 Å². The summed E-state index contributed by atoms with van der Waals surface area (Å²) in [7, 11) is 1.70. The standard InChI is InChI=1S/C9H19NO2/c1-3-4-7-12-9-6-10-5-8-11-2/h3,10H,1,4-9H2,2H3. The predicted molar refractivity (Wildman–Crippen MR) is 50.4 cm³/mol. The lowest BCUT2D eigenvalue weighted by Gasteiger charge is -2.04. The van der Waals surface area contributed by atoms with Crippen molar-refractivity contribution in [2.24, 2.45) is 0 Å². The Labute approximate surface area is 74.7 Å². The first kappa shape index (κ1) is 11.6. The molecule has 1 N–H and O–H groups in total. The second-order valence-corrected chi connectivity index (χ2v) is 2.43. The molecule has 0 fully saturated rings. The highest BCUT2D eigenvalue weighted by atomic mass is 16.5. The van der Waals surface area contributed by atoms with Crippen molar-refractivity contribution in [1.82, 2.24) is 5.32 Å². The average molecular weight is 173 g/mol. The third-order valence-corrected chi connectivity index (χ3v) is 1.37. The SMILES string of the molecule is C=CCCOCCNCCOC. The van der Waals surface area contributed by atoms with Crippen molar-refractivity contribution in [2.45, 2.75) is 6.42 Å². The number of hydrogen-bond acceptors (Lipinski definition) is 3. The van der Waals surface area contributed by atoms with E-state index in [0.29, 0.717) is 0 Å². The van der Waals surface area contributed by atoms with Crippen LogP contribution in [0.1, 0.15) is 6.42 Å². The molecule has 0 spiro atoms. The van der Waals surface area contributed by atoms with Crippen LogP contribution in [0.15, 0.2) is 12.7 Å². The quantitative estimate of drug-likeness (QED) is 0.413. The third kappa shape index (κ3) is 9.62. The number of rotatable bonds is 9. The van der Waals surface area contributed by atoms with E-state index in [1.807, 2.05) is 6.08 Å². The molecule has 72 valence electrons. The summed E-state index contributed by atoms with van der Waals surface area (Å²) in [6, 6.07) is 0. The highest BCUT2D eigenvalue weighted by molar-refractivity contribution is 4.64. The fourth-order valence-corrected chi connectivity index (χ4v) is 0.712. The van der Waals surface area contributed by atoms with E-state index in [1.165, 1.54) is 0 Å². The first-order valence-corrected chi connectivity index (χ1v) is 4.30. The lowest BCUT2D eigenvalue weighted by Crippen LogP contribution is -2.23. The van der Waals surface area contributed by atoms with Crippen molar-refractivity contribution in [3.05, 3.63) is 12.7 Å². The van der Waals surface area contributed by atoms with Crippen LogP contribution in [0.2, 0.25) is 0 Å². The van der Waals surface area contributed by atoms with E-state index in [1.54, 1.807) is 7.11 Å². The molecule has 0 saturated heterocycles. The molecule has 0 radical (unpaired) electrons. The van der Waals surface area contributed by atoms with Crippen LogP contribution in [0.25, 0.3) is 0 Å². The summed E-state index contributed by atoms with van der Waals surface area (Å²) in [4.78, 5) is 0. The van der Waals surface area contributed by atoms with Gasteiger partial charge in [-0.15, -0.1) is 6.58 Å². The van der Waals surface area contributed by atoms with Gasteiger partial charge in [-0.1, -0.05) is 6.08 Å². The van der Waals surface area contributed by atoms with Crippen molar-refractivity contribution in [3.63, 3.8) is 0 Å². The topological polar surface area (TPSA) is 30.5 Å². The molecule has 0 heterocycles. The molecule has 0 aromatic rings. The summed E-state index contributed by atoms with van der Waals surface area (Å²) in [5.74, 6) is 0. The van der Waals surface area contributed by atoms with Crippen LogP contribution >= 0.6 is 0 Å². The maximum absolute atomic E-state index is 5.28. The van der Waals surface area contributed by atoms with E-state index in [-0.39, 0.29) is 0 Å². The zero-order chi connectivity index (χ0) is 9.07.